The second-order valence-corrected chi connectivity index (χ2v) is 6.24. The number of fused-ring (bicyclic) bond motifs is 4. The fourth-order valence-corrected chi connectivity index (χ4v) is 4.06. The van der Waals surface area contributed by atoms with E-state index < -0.39 is 6.10 Å². The highest BCUT2D eigenvalue weighted by Crippen LogP contribution is 2.43. The van der Waals surface area contributed by atoms with Crippen LogP contribution in [0.5, 0.6) is 0 Å². The number of benzene rings is 1. The Labute approximate surface area is 121 Å². The summed E-state index contributed by atoms with van der Waals surface area (Å²) in [5.41, 5.74) is 3.07. The van der Waals surface area contributed by atoms with Gasteiger partial charge in [-0.15, -0.1) is 0 Å². The molecule has 2 aliphatic carbocycles. The highest BCUT2D eigenvalue weighted by atomic mass is 16.5. The molecule has 1 saturated carbocycles. The van der Waals surface area contributed by atoms with Gasteiger partial charge in [0, 0.05) is 19.7 Å². The van der Waals surface area contributed by atoms with Crippen LogP contribution in [0.2, 0.25) is 0 Å². The standard InChI is InChI=1S/C17H25NO2/c1-20-11-14(19)10-18-17-13-6-4-8-16(17)15-7-3-2-5-12(15)9-13/h2-3,5,7,13-14,16-19H,4,6,8-11H2,1H3/t13-,14-,16-,17-/m0/s1. The molecule has 1 aromatic rings. The Kier molecular flexibility index (Phi) is 4.39. The normalized spacial score (nSPS) is 29.8. The van der Waals surface area contributed by atoms with Gasteiger partial charge in [-0.3, -0.25) is 0 Å². The Morgan fingerprint density at radius 1 is 1.35 bits per heavy atom. The van der Waals surface area contributed by atoms with Gasteiger partial charge in [-0.25, -0.2) is 0 Å². The van der Waals surface area contributed by atoms with Crippen LogP contribution in [0, 0.1) is 5.92 Å². The number of aliphatic hydroxyl groups excluding tert-OH is 1. The SMILES string of the molecule is COC[C@@H](O)CN[C@H]1[C@H]2CCC[C@H]1c1ccccc1C2. The summed E-state index contributed by atoms with van der Waals surface area (Å²) in [6.07, 6.45) is 4.69. The lowest BCUT2D eigenvalue weighted by Gasteiger charge is -2.44. The van der Waals surface area contributed by atoms with E-state index >= 15 is 0 Å². The summed E-state index contributed by atoms with van der Waals surface area (Å²) in [5.74, 6) is 1.34. The summed E-state index contributed by atoms with van der Waals surface area (Å²) in [6.45, 7) is 1.04. The lowest BCUT2D eigenvalue weighted by molar-refractivity contribution is 0.0576. The first-order valence-electron chi connectivity index (χ1n) is 7.77. The highest BCUT2D eigenvalue weighted by Gasteiger charge is 2.38. The van der Waals surface area contributed by atoms with Gasteiger partial charge in [-0.05, 0) is 42.2 Å². The lowest BCUT2D eigenvalue weighted by Crippen LogP contribution is -2.49. The molecule has 4 atom stereocenters. The van der Waals surface area contributed by atoms with Crippen molar-refractivity contribution in [2.24, 2.45) is 5.92 Å². The summed E-state index contributed by atoms with van der Waals surface area (Å²) < 4.78 is 5.00. The van der Waals surface area contributed by atoms with Crippen LogP contribution < -0.4 is 5.32 Å². The van der Waals surface area contributed by atoms with Crippen molar-refractivity contribution in [1.82, 2.24) is 5.32 Å². The first kappa shape index (κ1) is 14.1. The Bertz CT molecular complexity index is 448. The van der Waals surface area contributed by atoms with Crippen LogP contribution in [-0.2, 0) is 11.2 Å². The van der Waals surface area contributed by atoms with E-state index in [1.54, 1.807) is 7.11 Å². The van der Waals surface area contributed by atoms with E-state index in [2.05, 4.69) is 29.6 Å². The topological polar surface area (TPSA) is 41.5 Å². The predicted molar refractivity (Wildman–Crippen MR) is 79.9 cm³/mol. The molecule has 3 nitrogen and oxygen atoms in total. The van der Waals surface area contributed by atoms with Crippen molar-refractivity contribution in [3.63, 3.8) is 0 Å². The third-order valence-corrected chi connectivity index (χ3v) is 4.92. The van der Waals surface area contributed by atoms with Crippen LogP contribution in [0.1, 0.15) is 36.3 Å². The molecule has 0 radical (unpaired) electrons. The van der Waals surface area contributed by atoms with Crippen molar-refractivity contribution in [2.45, 2.75) is 43.7 Å². The number of methoxy groups -OCH3 is 1. The molecular formula is C17H25NO2. The van der Waals surface area contributed by atoms with Gasteiger partial charge in [-0.1, -0.05) is 30.7 Å². The van der Waals surface area contributed by atoms with E-state index in [1.165, 1.54) is 36.8 Å². The Morgan fingerprint density at radius 3 is 3.05 bits per heavy atom. The van der Waals surface area contributed by atoms with E-state index in [-0.39, 0.29) is 0 Å². The average Bonchev–Trinajstić information content (AvgIpc) is 2.45. The van der Waals surface area contributed by atoms with Gasteiger partial charge in [0.05, 0.1) is 12.7 Å². The monoisotopic (exact) mass is 275 g/mol. The van der Waals surface area contributed by atoms with Gasteiger partial charge in [-0.2, -0.15) is 0 Å². The number of aliphatic hydroxyl groups is 1. The largest absolute Gasteiger partial charge is 0.389 e. The smallest absolute Gasteiger partial charge is 0.0897 e. The molecule has 0 aromatic heterocycles. The molecule has 2 bridgehead atoms. The Morgan fingerprint density at radius 2 is 2.20 bits per heavy atom. The maximum absolute atomic E-state index is 9.85. The number of nitrogens with one attached hydrogen (secondary N) is 1. The molecule has 0 unspecified atom stereocenters. The van der Waals surface area contributed by atoms with Gasteiger partial charge in [0.15, 0.2) is 0 Å². The van der Waals surface area contributed by atoms with E-state index in [9.17, 15) is 5.11 Å². The fraction of sp³-hybridized carbons (Fsp3) is 0.647. The molecule has 3 heteroatoms. The molecule has 0 aliphatic heterocycles. The molecule has 0 heterocycles. The fourth-order valence-electron chi connectivity index (χ4n) is 4.06. The van der Waals surface area contributed by atoms with E-state index in [4.69, 9.17) is 4.74 Å². The van der Waals surface area contributed by atoms with Crippen LogP contribution in [0.15, 0.2) is 24.3 Å². The van der Waals surface area contributed by atoms with Crippen LogP contribution in [0.4, 0.5) is 0 Å². The average molecular weight is 275 g/mol. The van der Waals surface area contributed by atoms with Crippen molar-refractivity contribution in [3.05, 3.63) is 35.4 Å². The van der Waals surface area contributed by atoms with Gasteiger partial charge >= 0.3 is 0 Å². The summed E-state index contributed by atoms with van der Waals surface area (Å²) in [7, 11) is 1.63. The minimum absolute atomic E-state index is 0.405. The first-order valence-corrected chi connectivity index (χ1v) is 7.77. The molecule has 0 saturated heterocycles. The minimum Gasteiger partial charge on any atom is -0.389 e. The van der Waals surface area contributed by atoms with E-state index in [0.717, 1.165) is 5.92 Å². The van der Waals surface area contributed by atoms with Crippen molar-refractivity contribution < 1.29 is 9.84 Å². The third kappa shape index (κ3) is 2.76. The zero-order valence-corrected chi connectivity index (χ0v) is 12.2. The predicted octanol–water partition coefficient (Wildman–Crippen LogP) is 2.09. The Hall–Kier alpha value is -0.900. The molecule has 20 heavy (non-hydrogen) atoms. The first-order chi connectivity index (χ1) is 9.79. The number of ether oxygens (including phenoxy) is 1. The van der Waals surface area contributed by atoms with Crippen molar-refractivity contribution in [1.29, 1.82) is 0 Å². The van der Waals surface area contributed by atoms with Crippen LogP contribution in [0.25, 0.3) is 0 Å². The second-order valence-electron chi connectivity index (χ2n) is 6.24. The van der Waals surface area contributed by atoms with Crippen LogP contribution in [0.3, 0.4) is 0 Å². The van der Waals surface area contributed by atoms with Gasteiger partial charge < -0.3 is 15.2 Å². The molecule has 2 N–H and O–H groups in total. The number of hydrogen-bond acceptors (Lipinski definition) is 3. The summed E-state index contributed by atoms with van der Waals surface area (Å²) in [5, 5.41) is 13.5. The molecule has 1 aromatic carbocycles. The minimum atomic E-state index is -0.405. The number of hydrogen-bond donors (Lipinski definition) is 2. The molecule has 110 valence electrons. The van der Waals surface area contributed by atoms with Gasteiger partial charge in [0.25, 0.3) is 0 Å². The zero-order chi connectivity index (χ0) is 13.9. The lowest BCUT2D eigenvalue weighted by atomic mass is 9.66. The van der Waals surface area contributed by atoms with Gasteiger partial charge in [0.1, 0.15) is 0 Å². The maximum Gasteiger partial charge on any atom is 0.0897 e. The quantitative estimate of drug-likeness (QED) is 0.864. The highest BCUT2D eigenvalue weighted by molar-refractivity contribution is 5.36. The van der Waals surface area contributed by atoms with Crippen LogP contribution >= 0.6 is 0 Å². The summed E-state index contributed by atoms with van der Waals surface area (Å²) in [4.78, 5) is 0. The molecular weight excluding hydrogens is 250 g/mol. The third-order valence-electron chi connectivity index (χ3n) is 4.92. The number of rotatable bonds is 5. The van der Waals surface area contributed by atoms with Crippen molar-refractivity contribution in [2.75, 3.05) is 20.3 Å². The van der Waals surface area contributed by atoms with Crippen molar-refractivity contribution in [3.8, 4) is 0 Å². The van der Waals surface area contributed by atoms with E-state index in [0.29, 0.717) is 25.1 Å². The van der Waals surface area contributed by atoms with Crippen LogP contribution in [-0.4, -0.2) is 37.5 Å². The summed E-state index contributed by atoms with van der Waals surface area (Å²) >= 11 is 0. The molecule has 3 rings (SSSR count). The maximum atomic E-state index is 9.85. The van der Waals surface area contributed by atoms with Crippen molar-refractivity contribution >= 4 is 0 Å². The second kappa shape index (κ2) is 6.25. The summed E-state index contributed by atoms with van der Waals surface area (Å²) in [6, 6.07) is 9.42. The van der Waals surface area contributed by atoms with Gasteiger partial charge in [0.2, 0.25) is 0 Å². The van der Waals surface area contributed by atoms with E-state index in [1.807, 2.05) is 0 Å². The molecule has 1 fully saturated rings. The Balaban J connectivity index is 1.72. The molecule has 0 amide bonds. The molecule has 2 aliphatic rings. The molecule has 0 spiro atoms. The zero-order valence-electron chi connectivity index (χ0n) is 12.2.